The zero-order valence-electron chi connectivity index (χ0n) is 9.31. The third-order valence-electron chi connectivity index (χ3n) is 2.03. The van der Waals surface area contributed by atoms with Crippen molar-refractivity contribution in [2.45, 2.75) is 30.0 Å². The van der Waals surface area contributed by atoms with E-state index in [1.54, 1.807) is 6.92 Å². The number of thiophene rings is 1. The first-order valence-electron chi connectivity index (χ1n) is 4.91. The van der Waals surface area contributed by atoms with Crippen LogP contribution in [0.4, 0.5) is 0 Å². The molecular weight excluding hydrogens is 366 g/mol. The molecule has 0 aliphatic heterocycles. The van der Waals surface area contributed by atoms with Crippen molar-refractivity contribution in [2.24, 2.45) is 0 Å². The van der Waals surface area contributed by atoms with Crippen LogP contribution < -0.4 is 4.72 Å². The summed E-state index contributed by atoms with van der Waals surface area (Å²) in [5, 5.41) is 8.85. The Kier molecular flexibility index (Phi) is 5.60. The highest BCUT2D eigenvalue weighted by Gasteiger charge is 2.21. The van der Waals surface area contributed by atoms with Gasteiger partial charge in [-0.15, -0.1) is 11.3 Å². The molecule has 0 bridgehead atoms. The van der Waals surface area contributed by atoms with E-state index in [1.807, 2.05) is 0 Å². The number of nitrogens with one attached hydrogen (secondary N) is 1. The predicted octanol–water partition coefficient (Wildman–Crippen LogP) is 2.70. The smallest absolute Gasteiger partial charge is 0.303 e. The van der Waals surface area contributed by atoms with Gasteiger partial charge >= 0.3 is 5.97 Å². The maximum Gasteiger partial charge on any atom is 0.303 e. The number of halogens is 2. The van der Waals surface area contributed by atoms with Crippen molar-refractivity contribution in [1.29, 1.82) is 0 Å². The van der Waals surface area contributed by atoms with Gasteiger partial charge in [0, 0.05) is 12.5 Å². The minimum Gasteiger partial charge on any atom is -0.481 e. The van der Waals surface area contributed by atoms with E-state index in [9.17, 15) is 13.2 Å². The molecule has 9 heteroatoms. The second-order valence-corrected chi connectivity index (χ2v) is 8.36. The van der Waals surface area contributed by atoms with E-state index in [2.05, 4.69) is 20.7 Å². The number of carbonyl (C=O) groups is 1. The predicted molar refractivity (Wildman–Crippen MR) is 73.7 cm³/mol. The van der Waals surface area contributed by atoms with Crippen molar-refractivity contribution in [1.82, 2.24) is 4.72 Å². The number of rotatable bonds is 6. The lowest BCUT2D eigenvalue weighted by atomic mass is 10.2. The summed E-state index contributed by atoms with van der Waals surface area (Å²) in [6.45, 7) is 1.62. The Hall–Kier alpha value is -0.150. The summed E-state index contributed by atoms with van der Waals surface area (Å²) in [5.74, 6) is -0.956. The molecule has 5 nitrogen and oxygen atoms in total. The monoisotopic (exact) mass is 375 g/mol. The van der Waals surface area contributed by atoms with Crippen LogP contribution in [-0.4, -0.2) is 25.5 Å². The lowest BCUT2D eigenvalue weighted by molar-refractivity contribution is -0.137. The average molecular weight is 377 g/mol. The van der Waals surface area contributed by atoms with Gasteiger partial charge in [-0.25, -0.2) is 13.1 Å². The SMILES string of the molecule is CC(CCC(=O)O)NS(=O)(=O)c1cc(Cl)c(Br)s1. The van der Waals surface area contributed by atoms with E-state index in [0.29, 0.717) is 8.81 Å². The van der Waals surface area contributed by atoms with Crippen molar-refractivity contribution in [3.05, 3.63) is 14.9 Å². The summed E-state index contributed by atoms with van der Waals surface area (Å²) in [7, 11) is -3.65. The van der Waals surface area contributed by atoms with Crippen molar-refractivity contribution in [3.63, 3.8) is 0 Å². The molecule has 2 N–H and O–H groups in total. The van der Waals surface area contributed by atoms with E-state index in [4.69, 9.17) is 16.7 Å². The van der Waals surface area contributed by atoms with Crippen LogP contribution in [0, 0.1) is 0 Å². The number of hydrogen-bond donors (Lipinski definition) is 2. The molecule has 1 aromatic heterocycles. The number of sulfonamides is 1. The van der Waals surface area contributed by atoms with Crippen LogP contribution in [-0.2, 0) is 14.8 Å². The van der Waals surface area contributed by atoms with Gasteiger partial charge in [-0.05, 0) is 35.3 Å². The minimum atomic E-state index is -3.65. The fraction of sp³-hybridized carbons (Fsp3) is 0.444. The summed E-state index contributed by atoms with van der Waals surface area (Å²) < 4.78 is 26.9. The van der Waals surface area contributed by atoms with Crippen LogP contribution in [0.15, 0.2) is 14.1 Å². The molecular formula is C9H11BrClNO4S2. The average Bonchev–Trinajstić information content (AvgIpc) is 2.56. The van der Waals surface area contributed by atoms with Crippen LogP contribution in [0.5, 0.6) is 0 Å². The fourth-order valence-corrected chi connectivity index (χ4v) is 4.87. The molecule has 1 atom stereocenters. The molecule has 0 radical (unpaired) electrons. The van der Waals surface area contributed by atoms with Gasteiger partial charge in [-0.2, -0.15) is 0 Å². The Morgan fingerprint density at radius 2 is 2.28 bits per heavy atom. The number of carboxylic acid groups (broad SMARTS) is 1. The standard InChI is InChI=1S/C9H11BrClNO4S2/c1-5(2-3-7(13)14)12-18(15,16)8-4-6(11)9(10)17-8/h4-5,12H,2-3H2,1H3,(H,13,14). The van der Waals surface area contributed by atoms with Gasteiger partial charge in [0.1, 0.15) is 4.21 Å². The topological polar surface area (TPSA) is 83.5 Å². The highest BCUT2D eigenvalue weighted by atomic mass is 79.9. The van der Waals surface area contributed by atoms with Crippen LogP contribution in [0.1, 0.15) is 19.8 Å². The van der Waals surface area contributed by atoms with E-state index in [0.717, 1.165) is 11.3 Å². The first kappa shape index (κ1) is 15.9. The summed E-state index contributed by atoms with van der Waals surface area (Å²) in [6, 6.07) is 0.897. The van der Waals surface area contributed by atoms with Gasteiger partial charge in [0.05, 0.1) is 8.81 Å². The van der Waals surface area contributed by atoms with E-state index >= 15 is 0 Å². The van der Waals surface area contributed by atoms with E-state index < -0.39 is 22.0 Å². The van der Waals surface area contributed by atoms with Crippen LogP contribution >= 0.6 is 38.9 Å². The summed E-state index contributed by atoms with van der Waals surface area (Å²) in [6.07, 6.45) is 0.146. The van der Waals surface area contributed by atoms with Gasteiger partial charge in [-0.3, -0.25) is 4.79 Å². The van der Waals surface area contributed by atoms with Crippen molar-refractivity contribution >= 4 is 54.9 Å². The summed E-state index contributed by atoms with van der Waals surface area (Å²) >= 11 is 9.92. The molecule has 1 heterocycles. The van der Waals surface area contributed by atoms with Crippen molar-refractivity contribution in [3.8, 4) is 0 Å². The third kappa shape index (κ3) is 4.51. The molecule has 0 spiro atoms. The van der Waals surface area contributed by atoms with E-state index in [1.165, 1.54) is 6.07 Å². The molecule has 0 aliphatic carbocycles. The normalized spacial score (nSPS) is 13.5. The first-order valence-corrected chi connectivity index (χ1v) is 8.38. The Balaban J connectivity index is 2.73. The quantitative estimate of drug-likeness (QED) is 0.799. The van der Waals surface area contributed by atoms with E-state index in [-0.39, 0.29) is 17.1 Å². The molecule has 1 rings (SSSR count). The molecule has 0 aromatic carbocycles. The van der Waals surface area contributed by atoms with Gasteiger partial charge in [0.15, 0.2) is 0 Å². The lowest BCUT2D eigenvalue weighted by Crippen LogP contribution is -2.32. The minimum absolute atomic E-state index is 0.0847. The maximum atomic E-state index is 11.9. The third-order valence-corrected chi connectivity index (χ3v) is 6.57. The molecule has 0 saturated heterocycles. The van der Waals surface area contributed by atoms with Gasteiger partial charge in [0.2, 0.25) is 10.0 Å². The number of hydrogen-bond acceptors (Lipinski definition) is 4. The van der Waals surface area contributed by atoms with Crippen molar-refractivity contribution < 1.29 is 18.3 Å². The summed E-state index contributed by atoms with van der Waals surface area (Å²) in [5.41, 5.74) is 0. The maximum absolute atomic E-state index is 11.9. The first-order chi connectivity index (χ1) is 8.22. The van der Waals surface area contributed by atoms with Crippen LogP contribution in [0.3, 0.4) is 0 Å². The number of carboxylic acids is 1. The highest BCUT2D eigenvalue weighted by molar-refractivity contribution is 9.11. The van der Waals surface area contributed by atoms with Gasteiger partial charge in [-0.1, -0.05) is 11.6 Å². The second-order valence-electron chi connectivity index (χ2n) is 3.64. The lowest BCUT2D eigenvalue weighted by Gasteiger charge is -2.11. The Morgan fingerprint density at radius 3 is 2.72 bits per heavy atom. The van der Waals surface area contributed by atoms with Gasteiger partial charge < -0.3 is 5.11 Å². The molecule has 1 unspecified atom stereocenters. The molecule has 102 valence electrons. The molecule has 18 heavy (non-hydrogen) atoms. The number of aliphatic carboxylic acids is 1. The largest absolute Gasteiger partial charge is 0.481 e. The Bertz CT molecular complexity index is 523. The van der Waals surface area contributed by atoms with Crippen molar-refractivity contribution in [2.75, 3.05) is 0 Å². The molecule has 1 aromatic rings. The van der Waals surface area contributed by atoms with Gasteiger partial charge in [0.25, 0.3) is 0 Å². The second kappa shape index (κ2) is 6.33. The molecule has 0 aliphatic rings. The zero-order valence-corrected chi connectivity index (χ0v) is 13.3. The Labute approximate surface area is 122 Å². The zero-order chi connectivity index (χ0) is 13.9. The molecule has 0 fully saturated rings. The van der Waals surface area contributed by atoms with Crippen LogP contribution in [0.2, 0.25) is 5.02 Å². The Morgan fingerprint density at radius 1 is 1.67 bits per heavy atom. The molecule has 0 saturated carbocycles. The van der Waals surface area contributed by atoms with Crippen LogP contribution in [0.25, 0.3) is 0 Å². The highest BCUT2D eigenvalue weighted by Crippen LogP contribution is 2.34. The summed E-state index contributed by atoms with van der Waals surface area (Å²) in [4.78, 5) is 10.4. The fourth-order valence-electron chi connectivity index (χ4n) is 1.18. The molecule has 0 amide bonds.